The molecule has 0 radical (unpaired) electrons. The van der Waals surface area contributed by atoms with Crippen LogP contribution in [0, 0.1) is 19.7 Å². The zero-order valence-electron chi connectivity index (χ0n) is 30.4. The lowest BCUT2D eigenvalue weighted by atomic mass is 9.98. The molecule has 2 bridgehead atoms. The average molecular weight is 763 g/mol. The molecule has 0 saturated carbocycles. The Hall–Kier alpha value is -4.88. The van der Waals surface area contributed by atoms with Crippen LogP contribution >= 0.6 is 11.6 Å². The van der Waals surface area contributed by atoms with Crippen LogP contribution in [0.2, 0.25) is 5.15 Å². The summed E-state index contributed by atoms with van der Waals surface area (Å²) in [4.78, 5) is 17.8. The van der Waals surface area contributed by atoms with Crippen molar-refractivity contribution in [2.45, 2.75) is 77.1 Å². The summed E-state index contributed by atoms with van der Waals surface area (Å²) in [6.07, 6.45) is -3.50. The van der Waals surface area contributed by atoms with Gasteiger partial charge in [-0.05, 0) is 80.6 Å². The first-order chi connectivity index (χ1) is 25.8. The quantitative estimate of drug-likeness (QED) is 0.124. The number of halogens is 5. The number of aromatic nitrogens is 3. The Balaban J connectivity index is 1.32. The van der Waals surface area contributed by atoms with Crippen LogP contribution < -0.4 is 29.3 Å². The molecular formula is C40H39ClF4N6O3. The summed E-state index contributed by atoms with van der Waals surface area (Å²) >= 11 is 6.51. The van der Waals surface area contributed by atoms with Gasteiger partial charge in [0.25, 0.3) is 0 Å². The number of rotatable bonds is 8. The molecule has 3 aromatic heterocycles. The Morgan fingerprint density at radius 1 is 0.926 bits per heavy atom. The summed E-state index contributed by atoms with van der Waals surface area (Å²) < 4.78 is 79.7. The third kappa shape index (κ3) is 6.30. The number of piperazine rings is 1. The van der Waals surface area contributed by atoms with Crippen molar-refractivity contribution in [3.8, 4) is 28.6 Å². The molecule has 0 amide bonds. The zero-order valence-corrected chi connectivity index (χ0v) is 31.1. The van der Waals surface area contributed by atoms with Gasteiger partial charge in [0.1, 0.15) is 45.6 Å². The summed E-state index contributed by atoms with van der Waals surface area (Å²) in [5.74, 6) is 1.04. The maximum atomic E-state index is 17.4. The minimum absolute atomic E-state index is 0.0284. The van der Waals surface area contributed by atoms with Crippen LogP contribution in [-0.4, -0.2) is 59.9 Å². The number of methoxy groups -OCH3 is 2. The molecular weight excluding hydrogens is 724 g/mol. The number of hydrogen-bond donors (Lipinski definition) is 1. The van der Waals surface area contributed by atoms with Crippen LogP contribution in [0.3, 0.4) is 0 Å². The monoisotopic (exact) mass is 762 g/mol. The van der Waals surface area contributed by atoms with Crippen molar-refractivity contribution in [1.82, 2.24) is 20.3 Å². The predicted octanol–water partition coefficient (Wildman–Crippen LogP) is 8.43. The lowest BCUT2D eigenvalue weighted by Gasteiger charge is -2.43. The Labute approximate surface area is 315 Å². The number of anilines is 2. The smallest absolute Gasteiger partial charge is 0.420 e. The highest BCUT2D eigenvalue weighted by Crippen LogP contribution is 2.48. The van der Waals surface area contributed by atoms with E-state index in [1.165, 1.54) is 6.07 Å². The second kappa shape index (κ2) is 13.8. The topological polar surface area (TPSA) is 84.9 Å². The highest BCUT2D eigenvalue weighted by Gasteiger charge is 2.47. The Kier molecular flexibility index (Phi) is 9.20. The van der Waals surface area contributed by atoms with Crippen LogP contribution in [0.5, 0.6) is 17.4 Å². The molecule has 2 saturated heterocycles. The summed E-state index contributed by atoms with van der Waals surface area (Å²) in [6.45, 7) is 6.51. The van der Waals surface area contributed by atoms with Gasteiger partial charge in [-0.15, -0.1) is 0 Å². The Morgan fingerprint density at radius 2 is 1.56 bits per heavy atom. The normalized spacial score (nSPS) is 20.4. The van der Waals surface area contributed by atoms with E-state index in [0.717, 1.165) is 24.0 Å². The summed E-state index contributed by atoms with van der Waals surface area (Å²) in [5.41, 5.74) is 0.337. The van der Waals surface area contributed by atoms with Crippen LogP contribution in [-0.2, 0) is 19.3 Å². The lowest BCUT2D eigenvalue weighted by Crippen LogP contribution is -2.62. The van der Waals surface area contributed by atoms with Crippen LogP contribution in [0.1, 0.15) is 47.7 Å². The van der Waals surface area contributed by atoms with Gasteiger partial charge in [-0.25, -0.2) is 19.3 Å². The molecule has 6 heterocycles. The van der Waals surface area contributed by atoms with E-state index in [1.807, 2.05) is 31.2 Å². The van der Waals surface area contributed by atoms with Crippen molar-refractivity contribution in [2.24, 2.45) is 0 Å². The second-order valence-electron chi connectivity index (χ2n) is 14.2. The van der Waals surface area contributed by atoms with E-state index in [0.29, 0.717) is 40.5 Å². The van der Waals surface area contributed by atoms with Crippen LogP contribution in [0.25, 0.3) is 22.0 Å². The second-order valence-corrected chi connectivity index (χ2v) is 14.6. The number of nitrogens with zero attached hydrogens (tertiary/aromatic N) is 5. The van der Waals surface area contributed by atoms with E-state index in [-0.39, 0.29) is 48.3 Å². The van der Waals surface area contributed by atoms with Gasteiger partial charge in [-0.3, -0.25) is 0 Å². The van der Waals surface area contributed by atoms with E-state index < -0.39 is 40.1 Å². The molecule has 1 N–H and O–H groups in total. The Bertz CT molecular complexity index is 2190. The number of fused-ring (bicyclic) bond motifs is 5. The fourth-order valence-electron chi connectivity index (χ4n) is 8.19. The summed E-state index contributed by atoms with van der Waals surface area (Å²) in [5, 5.41) is 3.31. The maximum Gasteiger partial charge on any atom is 0.420 e. The van der Waals surface area contributed by atoms with Crippen molar-refractivity contribution < 1.29 is 31.8 Å². The molecule has 2 aromatic carbocycles. The molecule has 54 heavy (non-hydrogen) atoms. The van der Waals surface area contributed by atoms with Gasteiger partial charge in [0.15, 0.2) is 5.82 Å². The van der Waals surface area contributed by atoms with E-state index in [4.69, 9.17) is 30.8 Å². The molecule has 282 valence electrons. The lowest BCUT2D eigenvalue weighted by molar-refractivity contribution is -0.137. The van der Waals surface area contributed by atoms with Crippen LogP contribution in [0.4, 0.5) is 29.2 Å². The molecule has 5 aromatic rings. The number of nitrogens with one attached hydrogen (secondary N) is 1. The predicted molar refractivity (Wildman–Crippen MR) is 199 cm³/mol. The minimum Gasteiger partial charge on any atom is -0.497 e. The van der Waals surface area contributed by atoms with Gasteiger partial charge >= 0.3 is 6.18 Å². The van der Waals surface area contributed by atoms with Crippen molar-refractivity contribution in [3.05, 3.63) is 93.5 Å². The SMILES string of the molecule is COc1ccc(CN(Cc2ccc(OC)cc2)c2cc(-c3nc4c5c(nc(C)c(C)c5c3F)N3C[C@H]5CC[C@H](N5)[C@H]3[C@H](C)O4)c(C(F)(F)F)c(Cl)n2)cc1. The molecule has 0 unspecified atom stereocenters. The number of benzene rings is 2. The molecule has 3 aliphatic rings. The third-order valence-electron chi connectivity index (χ3n) is 10.9. The number of ether oxygens (including phenoxy) is 3. The number of pyridine rings is 3. The molecule has 3 aliphatic heterocycles. The van der Waals surface area contributed by atoms with Crippen molar-refractivity contribution in [2.75, 3.05) is 30.6 Å². The van der Waals surface area contributed by atoms with Gasteiger partial charge in [0, 0.05) is 48.4 Å². The van der Waals surface area contributed by atoms with Gasteiger partial charge in [-0.2, -0.15) is 13.2 Å². The van der Waals surface area contributed by atoms with Gasteiger partial charge in [0.2, 0.25) is 5.88 Å². The van der Waals surface area contributed by atoms with Crippen molar-refractivity contribution >= 4 is 34.0 Å². The number of aryl methyl sites for hydroxylation is 2. The third-order valence-corrected chi connectivity index (χ3v) is 11.2. The summed E-state index contributed by atoms with van der Waals surface area (Å²) in [6, 6.07) is 16.0. The largest absolute Gasteiger partial charge is 0.497 e. The van der Waals surface area contributed by atoms with Crippen molar-refractivity contribution in [3.63, 3.8) is 0 Å². The standard InChI is InChI=1S/C40H39ClF4N6O3/c1-20-21(2)46-38-32-31(20)34(42)35(49-39(32)54-22(3)36-29-15-10-25(47-29)19-51(36)38)28-16-30(48-37(41)33(28)40(43,44)45)50(17-23-6-11-26(52-4)12-7-23)18-24-8-13-27(53-5)14-9-24/h6-9,11-14,16,22,25,29,36,47H,10,15,17-19H2,1-5H3/t22-,25+,29-,36+/m0/s1. The number of hydrogen-bond acceptors (Lipinski definition) is 9. The van der Waals surface area contributed by atoms with E-state index in [1.54, 1.807) is 57.2 Å². The summed E-state index contributed by atoms with van der Waals surface area (Å²) in [7, 11) is 3.13. The first kappa shape index (κ1) is 36.1. The molecule has 8 rings (SSSR count). The minimum atomic E-state index is -5.00. The fraction of sp³-hybridized carbons (Fsp3) is 0.375. The van der Waals surface area contributed by atoms with E-state index in [9.17, 15) is 0 Å². The maximum absolute atomic E-state index is 17.4. The van der Waals surface area contributed by atoms with Gasteiger partial charge < -0.3 is 29.3 Å². The van der Waals surface area contributed by atoms with Crippen LogP contribution in [0.15, 0.2) is 54.6 Å². The molecule has 14 heteroatoms. The highest BCUT2D eigenvalue weighted by molar-refractivity contribution is 6.30. The molecule has 9 nitrogen and oxygen atoms in total. The molecule has 2 fully saturated rings. The highest BCUT2D eigenvalue weighted by atomic mass is 35.5. The molecule has 0 spiro atoms. The Morgan fingerprint density at radius 3 is 2.15 bits per heavy atom. The molecule has 4 atom stereocenters. The number of alkyl halides is 3. The van der Waals surface area contributed by atoms with Crippen molar-refractivity contribution in [1.29, 1.82) is 0 Å². The average Bonchev–Trinajstić information content (AvgIpc) is 3.47. The first-order valence-electron chi connectivity index (χ1n) is 17.8. The first-order valence-corrected chi connectivity index (χ1v) is 18.2. The van der Waals surface area contributed by atoms with E-state index in [2.05, 4.69) is 20.2 Å². The fourth-order valence-corrected chi connectivity index (χ4v) is 8.48. The van der Waals surface area contributed by atoms with E-state index >= 15 is 17.6 Å². The molecule has 0 aliphatic carbocycles. The van der Waals surface area contributed by atoms with Gasteiger partial charge in [0.05, 0.1) is 25.6 Å². The van der Waals surface area contributed by atoms with Gasteiger partial charge in [-0.1, -0.05) is 35.9 Å². The zero-order chi connectivity index (χ0) is 38.1.